The number of benzene rings is 1. The molecule has 1 aliphatic heterocycles. The van der Waals surface area contributed by atoms with Crippen molar-refractivity contribution < 1.29 is 19.4 Å². The number of carbonyl (C=O) groups excluding carboxylic acids is 2. The summed E-state index contributed by atoms with van der Waals surface area (Å²) in [4.78, 5) is 26.1. The second kappa shape index (κ2) is 12.4. The van der Waals surface area contributed by atoms with Crippen LogP contribution in [0.2, 0.25) is 0 Å². The third-order valence-corrected chi connectivity index (χ3v) is 5.07. The molecule has 0 aromatic heterocycles. The van der Waals surface area contributed by atoms with Gasteiger partial charge in [-0.25, -0.2) is 0 Å². The summed E-state index contributed by atoms with van der Waals surface area (Å²) in [5.41, 5.74) is 6.94. The lowest BCUT2D eigenvalue weighted by molar-refractivity contribution is -0.132. The number of likely N-dealkylation sites (tertiary alicyclic amines) is 1. The Balaban J connectivity index is 1.59. The number of rotatable bonds is 11. The predicted octanol–water partition coefficient (Wildman–Crippen LogP) is 0.382. The van der Waals surface area contributed by atoms with Crippen molar-refractivity contribution in [2.24, 2.45) is 5.73 Å². The monoisotopic (exact) mass is 406 g/mol. The van der Waals surface area contributed by atoms with Gasteiger partial charge in [0.2, 0.25) is 11.8 Å². The average molecular weight is 407 g/mol. The Morgan fingerprint density at radius 3 is 2.72 bits per heavy atom. The number of hydrogen-bond acceptors (Lipinski definition) is 6. The Labute approximate surface area is 172 Å². The zero-order valence-electron chi connectivity index (χ0n) is 17.2. The van der Waals surface area contributed by atoms with Gasteiger partial charge in [-0.3, -0.25) is 9.59 Å². The van der Waals surface area contributed by atoms with Crippen LogP contribution >= 0.6 is 0 Å². The number of nitrogens with two attached hydrogens (primary N) is 1. The molecule has 1 aliphatic rings. The molecule has 1 aromatic carbocycles. The maximum Gasteiger partial charge on any atom is 0.237 e. The Morgan fingerprint density at radius 1 is 1.24 bits per heavy atom. The molecule has 1 saturated heterocycles. The molecule has 2 rings (SSSR count). The van der Waals surface area contributed by atoms with Gasteiger partial charge in [-0.2, -0.15) is 0 Å². The zero-order chi connectivity index (χ0) is 21.1. The summed E-state index contributed by atoms with van der Waals surface area (Å²) >= 11 is 0. The zero-order valence-corrected chi connectivity index (χ0v) is 17.2. The van der Waals surface area contributed by atoms with E-state index in [1.165, 1.54) is 6.42 Å². The lowest BCUT2D eigenvalue weighted by atomic mass is 10.1. The molecule has 0 bridgehead atoms. The van der Waals surface area contributed by atoms with Gasteiger partial charge in [0.15, 0.2) is 0 Å². The van der Waals surface area contributed by atoms with Crippen LogP contribution in [0.5, 0.6) is 5.75 Å². The van der Waals surface area contributed by atoms with Crippen LogP contribution in [-0.2, 0) is 16.1 Å². The molecule has 0 radical (unpaired) electrons. The summed E-state index contributed by atoms with van der Waals surface area (Å²) in [5, 5.41) is 15.8. The molecule has 1 fully saturated rings. The molecule has 1 heterocycles. The first-order valence-corrected chi connectivity index (χ1v) is 10.3. The van der Waals surface area contributed by atoms with E-state index in [1.807, 2.05) is 29.2 Å². The molecule has 29 heavy (non-hydrogen) atoms. The van der Waals surface area contributed by atoms with E-state index in [0.717, 1.165) is 37.2 Å². The largest absolute Gasteiger partial charge is 0.497 e. The number of nitrogens with zero attached hydrogens (tertiary/aromatic N) is 1. The highest BCUT2D eigenvalue weighted by Gasteiger charge is 2.20. The van der Waals surface area contributed by atoms with E-state index in [1.54, 1.807) is 7.11 Å². The summed E-state index contributed by atoms with van der Waals surface area (Å²) in [5.74, 6) is 0.503. The molecule has 1 aromatic rings. The highest BCUT2D eigenvalue weighted by molar-refractivity contribution is 5.83. The number of nitrogens with one attached hydrogen (secondary N) is 2. The number of aliphatic hydroxyl groups is 1. The standard InChI is InChI=1S/C21H34N4O4/c1-29-18-7-5-6-16(12-18)13-23-14-17(26)15-24-21(28)19(22)8-9-20(27)25-10-3-2-4-11-25/h5-7,12,17,19,23,26H,2-4,8-11,13-15,22H2,1H3,(H,24,28). The van der Waals surface area contributed by atoms with E-state index in [0.29, 0.717) is 19.5 Å². The van der Waals surface area contributed by atoms with E-state index in [2.05, 4.69) is 10.6 Å². The summed E-state index contributed by atoms with van der Waals surface area (Å²) < 4.78 is 5.18. The molecule has 2 unspecified atom stereocenters. The smallest absolute Gasteiger partial charge is 0.237 e. The Morgan fingerprint density at radius 2 is 2.00 bits per heavy atom. The molecule has 0 spiro atoms. The SMILES string of the molecule is COc1cccc(CNCC(O)CNC(=O)C(N)CCC(=O)N2CCCCC2)c1. The summed E-state index contributed by atoms with van der Waals surface area (Å²) in [7, 11) is 1.62. The molecule has 5 N–H and O–H groups in total. The Kier molecular flexibility index (Phi) is 9.90. The quantitative estimate of drug-likeness (QED) is 0.422. The first-order valence-electron chi connectivity index (χ1n) is 10.3. The van der Waals surface area contributed by atoms with Crippen molar-refractivity contribution in [1.29, 1.82) is 0 Å². The van der Waals surface area contributed by atoms with Gasteiger partial charge in [0.1, 0.15) is 5.75 Å². The van der Waals surface area contributed by atoms with Crippen molar-refractivity contribution in [1.82, 2.24) is 15.5 Å². The third kappa shape index (κ3) is 8.39. The first kappa shape index (κ1) is 23.1. The van der Waals surface area contributed by atoms with Gasteiger partial charge in [0.05, 0.1) is 19.3 Å². The van der Waals surface area contributed by atoms with Gasteiger partial charge < -0.3 is 31.1 Å². The van der Waals surface area contributed by atoms with E-state index < -0.39 is 12.1 Å². The van der Waals surface area contributed by atoms with Crippen molar-refractivity contribution in [2.45, 2.75) is 50.8 Å². The van der Waals surface area contributed by atoms with Crippen LogP contribution in [0.3, 0.4) is 0 Å². The van der Waals surface area contributed by atoms with Crippen LogP contribution in [0.1, 0.15) is 37.7 Å². The van der Waals surface area contributed by atoms with Gasteiger partial charge in [0.25, 0.3) is 0 Å². The predicted molar refractivity (Wildman–Crippen MR) is 111 cm³/mol. The molecular weight excluding hydrogens is 372 g/mol. The van der Waals surface area contributed by atoms with Crippen LogP contribution in [0, 0.1) is 0 Å². The number of piperidine rings is 1. The van der Waals surface area contributed by atoms with E-state index >= 15 is 0 Å². The minimum Gasteiger partial charge on any atom is -0.497 e. The maximum atomic E-state index is 12.1. The molecule has 162 valence electrons. The van der Waals surface area contributed by atoms with Crippen LogP contribution in [0.4, 0.5) is 0 Å². The maximum absolute atomic E-state index is 12.1. The number of carbonyl (C=O) groups is 2. The Bertz CT molecular complexity index is 649. The van der Waals surface area contributed by atoms with Crippen molar-refractivity contribution in [3.05, 3.63) is 29.8 Å². The minimum atomic E-state index is -0.749. The minimum absolute atomic E-state index is 0.0646. The molecule has 2 amide bonds. The number of amides is 2. The lowest BCUT2D eigenvalue weighted by Gasteiger charge is -2.27. The van der Waals surface area contributed by atoms with Gasteiger partial charge in [0, 0.05) is 39.1 Å². The summed E-state index contributed by atoms with van der Waals surface area (Å²) in [6, 6.07) is 6.92. The van der Waals surface area contributed by atoms with E-state index in [9.17, 15) is 14.7 Å². The lowest BCUT2D eigenvalue weighted by Crippen LogP contribution is -2.46. The van der Waals surface area contributed by atoms with Gasteiger partial charge in [-0.05, 0) is 43.4 Å². The van der Waals surface area contributed by atoms with E-state index in [4.69, 9.17) is 10.5 Å². The fourth-order valence-corrected chi connectivity index (χ4v) is 3.30. The first-order chi connectivity index (χ1) is 14.0. The molecule has 2 atom stereocenters. The fraction of sp³-hybridized carbons (Fsp3) is 0.619. The Hall–Kier alpha value is -2.16. The molecule has 8 nitrogen and oxygen atoms in total. The second-order valence-electron chi connectivity index (χ2n) is 7.47. The highest BCUT2D eigenvalue weighted by atomic mass is 16.5. The fourth-order valence-electron chi connectivity index (χ4n) is 3.30. The molecule has 0 saturated carbocycles. The number of hydrogen-bond donors (Lipinski definition) is 4. The van der Waals surface area contributed by atoms with Gasteiger partial charge >= 0.3 is 0 Å². The van der Waals surface area contributed by atoms with Crippen LogP contribution in [-0.4, -0.2) is 67.3 Å². The van der Waals surface area contributed by atoms with Crippen LogP contribution in [0.25, 0.3) is 0 Å². The number of methoxy groups -OCH3 is 1. The normalized spacial score (nSPS) is 16.2. The van der Waals surface area contributed by atoms with E-state index in [-0.39, 0.29) is 24.8 Å². The van der Waals surface area contributed by atoms with Crippen LogP contribution < -0.4 is 21.1 Å². The van der Waals surface area contributed by atoms with Crippen molar-refractivity contribution in [3.63, 3.8) is 0 Å². The number of ether oxygens (including phenoxy) is 1. The third-order valence-electron chi connectivity index (χ3n) is 5.07. The molecule has 0 aliphatic carbocycles. The van der Waals surface area contributed by atoms with Crippen molar-refractivity contribution in [3.8, 4) is 5.75 Å². The second-order valence-corrected chi connectivity index (χ2v) is 7.47. The summed E-state index contributed by atoms with van der Waals surface area (Å²) in [6.07, 6.45) is 3.11. The highest BCUT2D eigenvalue weighted by Crippen LogP contribution is 2.12. The van der Waals surface area contributed by atoms with Crippen LogP contribution in [0.15, 0.2) is 24.3 Å². The molecule has 8 heteroatoms. The summed E-state index contributed by atoms with van der Waals surface area (Å²) in [6.45, 7) is 2.63. The number of aliphatic hydroxyl groups excluding tert-OH is 1. The topological polar surface area (TPSA) is 117 Å². The van der Waals surface area contributed by atoms with Gasteiger partial charge in [-0.15, -0.1) is 0 Å². The average Bonchev–Trinajstić information content (AvgIpc) is 2.76. The van der Waals surface area contributed by atoms with Gasteiger partial charge in [-0.1, -0.05) is 12.1 Å². The molecular formula is C21H34N4O4. The van der Waals surface area contributed by atoms with Crippen molar-refractivity contribution in [2.75, 3.05) is 33.3 Å². The van der Waals surface area contributed by atoms with Crippen molar-refractivity contribution >= 4 is 11.8 Å².